The molecule has 0 saturated carbocycles. The van der Waals surface area contributed by atoms with Crippen molar-refractivity contribution in [3.05, 3.63) is 46.9 Å². The van der Waals surface area contributed by atoms with Crippen LogP contribution < -0.4 is 9.80 Å². The van der Waals surface area contributed by atoms with E-state index in [1.165, 1.54) is 11.9 Å². The van der Waals surface area contributed by atoms with Gasteiger partial charge in [-0.15, -0.1) is 10.2 Å². The van der Waals surface area contributed by atoms with E-state index in [-0.39, 0.29) is 25.0 Å². The van der Waals surface area contributed by atoms with E-state index in [9.17, 15) is 14.7 Å². The lowest BCUT2D eigenvalue weighted by Gasteiger charge is -2.24. The minimum atomic E-state index is -1.06. The van der Waals surface area contributed by atoms with Gasteiger partial charge < -0.3 is 19.5 Å². The largest absolute Gasteiger partial charge is 0.465 e. The molecule has 0 saturated heterocycles. The van der Waals surface area contributed by atoms with E-state index in [0.29, 0.717) is 40.5 Å². The minimum Gasteiger partial charge on any atom is -0.465 e. The number of aromatic nitrogens is 5. The average Bonchev–Trinajstić information content (AvgIpc) is 3.54. The Morgan fingerprint density at radius 2 is 2.00 bits per heavy atom. The van der Waals surface area contributed by atoms with Gasteiger partial charge in [0.15, 0.2) is 5.82 Å². The Bertz CT molecular complexity index is 1350. The number of aryl methyl sites for hydroxylation is 1. The molecule has 2 aliphatic rings. The number of hydrogen-bond donors (Lipinski definition) is 1. The number of hydrogen-bond acceptors (Lipinski definition) is 7. The van der Waals surface area contributed by atoms with Gasteiger partial charge in [0, 0.05) is 38.2 Å². The number of carbonyl (C=O) groups excluding carboxylic acids is 1. The van der Waals surface area contributed by atoms with Gasteiger partial charge in [0.05, 0.1) is 24.3 Å². The van der Waals surface area contributed by atoms with Crippen LogP contribution in [0.2, 0.25) is 0 Å². The van der Waals surface area contributed by atoms with Crippen LogP contribution in [0.25, 0.3) is 11.5 Å². The molecular weight excluding hydrogens is 460 g/mol. The lowest BCUT2D eigenvalue weighted by molar-refractivity contribution is 0.0996. The third kappa shape index (κ3) is 3.94. The molecule has 1 atom stereocenters. The molecule has 0 spiro atoms. The Morgan fingerprint density at radius 3 is 2.72 bits per heavy atom. The molecule has 3 aromatic rings. The first-order valence-electron chi connectivity index (χ1n) is 12.1. The van der Waals surface area contributed by atoms with Gasteiger partial charge in [-0.1, -0.05) is 6.07 Å². The summed E-state index contributed by atoms with van der Waals surface area (Å²) in [4.78, 5) is 39.4. The highest BCUT2D eigenvalue weighted by Gasteiger charge is 2.34. The van der Waals surface area contributed by atoms with Crippen molar-refractivity contribution in [2.75, 3.05) is 23.9 Å². The molecule has 0 bridgehead atoms. The molecule has 0 aliphatic carbocycles. The Balaban J connectivity index is 1.53. The number of pyridine rings is 2. The highest BCUT2D eigenvalue weighted by molar-refractivity contribution is 6.10. The zero-order chi connectivity index (χ0) is 25.7. The lowest BCUT2D eigenvalue weighted by atomic mass is 10.1. The summed E-state index contributed by atoms with van der Waals surface area (Å²) in [6, 6.07) is 7.78. The summed E-state index contributed by atoms with van der Waals surface area (Å²) in [5.74, 6) is 2.60. The number of carboxylic acid groups (broad SMARTS) is 1. The Hall–Kier alpha value is -4.02. The van der Waals surface area contributed by atoms with Crippen LogP contribution in [-0.4, -0.2) is 66.9 Å². The van der Waals surface area contributed by atoms with E-state index in [4.69, 9.17) is 9.97 Å². The third-order valence-corrected chi connectivity index (χ3v) is 7.07. The minimum absolute atomic E-state index is 0.0792. The smallest absolute Gasteiger partial charge is 0.407 e. The van der Waals surface area contributed by atoms with Gasteiger partial charge in [0.1, 0.15) is 23.2 Å². The van der Waals surface area contributed by atoms with Gasteiger partial charge in [-0.2, -0.15) is 0 Å². The summed E-state index contributed by atoms with van der Waals surface area (Å²) >= 11 is 0. The Kier molecular flexibility index (Phi) is 5.85. The number of anilines is 2. The van der Waals surface area contributed by atoms with Crippen LogP contribution in [0.1, 0.15) is 60.7 Å². The second-order valence-corrected chi connectivity index (χ2v) is 9.77. The molecule has 11 nitrogen and oxygen atoms in total. The molecule has 36 heavy (non-hydrogen) atoms. The Labute approximate surface area is 209 Å². The molecule has 1 N–H and O–H groups in total. The highest BCUT2D eigenvalue weighted by Crippen LogP contribution is 2.34. The van der Waals surface area contributed by atoms with E-state index in [2.05, 4.69) is 21.7 Å². The second-order valence-electron chi connectivity index (χ2n) is 9.77. The van der Waals surface area contributed by atoms with Crippen LogP contribution in [0.5, 0.6) is 0 Å². The number of carbonyl (C=O) groups is 2. The van der Waals surface area contributed by atoms with E-state index in [0.717, 1.165) is 24.2 Å². The molecule has 11 heteroatoms. The number of nitrogens with zero attached hydrogens (tertiary/aromatic N) is 8. The van der Waals surface area contributed by atoms with Gasteiger partial charge in [0.2, 0.25) is 0 Å². The second kappa shape index (κ2) is 8.89. The predicted molar refractivity (Wildman–Crippen MR) is 134 cm³/mol. The fourth-order valence-electron chi connectivity index (χ4n) is 4.70. The van der Waals surface area contributed by atoms with Gasteiger partial charge >= 0.3 is 6.09 Å². The zero-order valence-electron chi connectivity index (χ0n) is 21.1. The van der Waals surface area contributed by atoms with Crippen LogP contribution in [0, 0.1) is 0 Å². The summed E-state index contributed by atoms with van der Waals surface area (Å²) < 4.78 is 2.12. The van der Waals surface area contributed by atoms with E-state index in [1.807, 2.05) is 37.9 Å². The fraction of sp³-hybridized carbons (Fsp3) is 0.440. The topological polar surface area (TPSA) is 121 Å². The molecule has 3 aromatic heterocycles. The first kappa shape index (κ1) is 23.7. The number of fused-ring (bicyclic) bond motifs is 2. The standard InChI is InChI=1S/C25H30N8O3/c1-14(2)31(5)22-11-16-17(19(27-22)13-30(4)25(35)36)12-32(24(16)34)20-8-6-7-18(26-20)23-29-28-21-10-9-15(3)33(21)23/h6-8,11,14-15H,9-10,12-13H2,1-5H3,(H,35,36). The summed E-state index contributed by atoms with van der Waals surface area (Å²) in [6.07, 6.45) is 0.853. The van der Waals surface area contributed by atoms with E-state index >= 15 is 0 Å². The van der Waals surface area contributed by atoms with Gasteiger partial charge in [0.25, 0.3) is 5.91 Å². The zero-order valence-corrected chi connectivity index (χ0v) is 21.1. The summed E-state index contributed by atoms with van der Waals surface area (Å²) in [6.45, 7) is 6.55. The number of rotatable bonds is 6. The maximum absolute atomic E-state index is 13.6. The average molecular weight is 491 g/mol. The summed E-state index contributed by atoms with van der Waals surface area (Å²) in [5.41, 5.74) is 2.47. The van der Waals surface area contributed by atoms with Crippen LogP contribution >= 0.6 is 0 Å². The SMILES string of the molecule is CC(C)N(C)c1cc2c(c(CN(C)C(=O)O)n1)CN(c1cccc(-c3nnc4n3C(C)CC4)n1)C2=O. The first-order chi connectivity index (χ1) is 17.2. The van der Waals surface area contributed by atoms with E-state index < -0.39 is 6.09 Å². The van der Waals surface area contributed by atoms with Crippen molar-refractivity contribution in [3.8, 4) is 11.5 Å². The summed E-state index contributed by atoms with van der Waals surface area (Å²) in [5, 5.41) is 18.1. The molecule has 5 heterocycles. The van der Waals surface area contributed by atoms with Crippen molar-refractivity contribution in [3.63, 3.8) is 0 Å². The molecule has 2 amide bonds. The van der Waals surface area contributed by atoms with Crippen molar-refractivity contribution in [2.45, 2.75) is 58.8 Å². The molecule has 5 rings (SSSR count). The molecule has 0 aromatic carbocycles. The lowest BCUT2D eigenvalue weighted by Crippen LogP contribution is -2.29. The molecule has 2 aliphatic heterocycles. The molecule has 0 fully saturated rings. The normalized spacial score (nSPS) is 16.4. The fourth-order valence-corrected chi connectivity index (χ4v) is 4.70. The highest BCUT2D eigenvalue weighted by atomic mass is 16.4. The van der Waals surface area contributed by atoms with Crippen molar-refractivity contribution in [2.24, 2.45) is 0 Å². The van der Waals surface area contributed by atoms with Gasteiger partial charge in [-0.25, -0.2) is 14.8 Å². The molecule has 0 radical (unpaired) electrons. The maximum Gasteiger partial charge on any atom is 0.407 e. The monoisotopic (exact) mass is 490 g/mol. The summed E-state index contributed by atoms with van der Waals surface area (Å²) in [7, 11) is 3.40. The third-order valence-electron chi connectivity index (χ3n) is 7.07. The van der Waals surface area contributed by atoms with Crippen molar-refractivity contribution < 1.29 is 14.7 Å². The molecule has 1 unspecified atom stereocenters. The van der Waals surface area contributed by atoms with Crippen molar-refractivity contribution >= 4 is 23.6 Å². The van der Waals surface area contributed by atoms with Crippen LogP contribution in [0.3, 0.4) is 0 Å². The van der Waals surface area contributed by atoms with E-state index in [1.54, 1.807) is 17.0 Å². The number of amides is 2. The van der Waals surface area contributed by atoms with Crippen molar-refractivity contribution in [1.29, 1.82) is 0 Å². The maximum atomic E-state index is 13.6. The van der Waals surface area contributed by atoms with Crippen LogP contribution in [0.15, 0.2) is 24.3 Å². The predicted octanol–water partition coefficient (Wildman–Crippen LogP) is 3.36. The van der Waals surface area contributed by atoms with Crippen LogP contribution in [0.4, 0.5) is 16.4 Å². The molecule has 188 valence electrons. The molecular formula is C25H30N8O3. The van der Waals surface area contributed by atoms with Crippen LogP contribution in [-0.2, 0) is 19.5 Å². The first-order valence-corrected chi connectivity index (χ1v) is 12.1. The van der Waals surface area contributed by atoms with Gasteiger partial charge in [-0.05, 0) is 45.4 Å². The van der Waals surface area contributed by atoms with Crippen molar-refractivity contribution in [1.82, 2.24) is 29.6 Å². The Morgan fingerprint density at radius 1 is 1.22 bits per heavy atom. The van der Waals surface area contributed by atoms with Gasteiger partial charge in [-0.3, -0.25) is 9.69 Å². The quantitative estimate of drug-likeness (QED) is 0.558.